The van der Waals surface area contributed by atoms with E-state index in [0.29, 0.717) is 5.41 Å². The maximum Gasteiger partial charge on any atom is -0.00496 e. The van der Waals surface area contributed by atoms with Gasteiger partial charge in [0.05, 0.1) is 0 Å². The highest BCUT2D eigenvalue weighted by Crippen LogP contribution is 2.47. The van der Waals surface area contributed by atoms with Crippen LogP contribution in [0, 0.1) is 5.41 Å². The fourth-order valence-electron chi connectivity index (χ4n) is 2.72. The molecule has 0 atom stereocenters. The van der Waals surface area contributed by atoms with Crippen LogP contribution in [-0.2, 0) is 0 Å². The van der Waals surface area contributed by atoms with E-state index in [1.165, 1.54) is 43.3 Å². The molecule has 0 N–H and O–H groups in total. The summed E-state index contributed by atoms with van der Waals surface area (Å²) in [5.41, 5.74) is 3.12. The standard InChI is InChI=1S/C15H24/c1-5-9-14(12-13(3)4)15(6-2)10-7-8-11-15/h5,9,12H,3,6-8,10-11H2,1-2,4H3/b9-5?,14-12+. The van der Waals surface area contributed by atoms with Crippen molar-refractivity contribution in [1.29, 1.82) is 0 Å². The van der Waals surface area contributed by atoms with Crippen LogP contribution in [0.15, 0.2) is 36.0 Å². The normalized spacial score (nSPS) is 21.1. The molecular weight excluding hydrogens is 180 g/mol. The van der Waals surface area contributed by atoms with Crippen molar-refractivity contribution in [2.45, 2.75) is 52.9 Å². The van der Waals surface area contributed by atoms with Gasteiger partial charge in [-0.2, -0.15) is 0 Å². The first-order valence-electron chi connectivity index (χ1n) is 6.15. The van der Waals surface area contributed by atoms with Crippen LogP contribution in [-0.4, -0.2) is 0 Å². The molecule has 0 heterocycles. The molecule has 0 aromatic rings. The Bertz CT molecular complexity index is 272. The third kappa shape index (κ3) is 2.84. The highest BCUT2D eigenvalue weighted by molar-refractivity contribution is 5.33. The van der Waals surface area contributed by atoms with Crippen LogP contribution in [0.1, 0.15) is 52.9 Å². The lowest BCUT2D eigenvalue weighted by atomic mass is 9.75. The van der Waals surface area contributed by atoms with Crippen LogP contribution in [0.5, 0.6) is 0 Å². The molecule has 0 radical (unpaired) electrons. The van der Waals surface area contributed by atoms with Crippen LogP contribution in [0.3, 0.4) is 0 Å². The summed E-state index contributed by atoms with van der Waals surface area (Å²) in [5.74, 6) is 0. The number of rotatable bonds is 4. The second-order valence-electron chi connectivity index (χ2n) is 4.79. The minimum absolute atomic E-state index is 0.450. The minimum Gasteiger partial charge on any atom is -0.0961 e. The van der Waals surface area contributed by atoms with E-state index in [2.05, 4.69) is 45.6 Å². The number of allylic oxidation sites excluding steroid dienone is 5. The number of hydrogen-bond donors (Lipinski definition) is 0. The summed E-state index contributed by atoms with van der Waals surface area (Å²) in [5, 5.41) is 0. The Morgan fingerprint density at radius 2 is 1.93 bits per heavy atom. The van der Waals surface area contributed by atoms with Crippen molar-refractivity contribution in [3.05, 3.63) is 36.0 Å². The predicted octanol–water partition coefficient (Wildman–Crippen LogP) is 5.04. The molecule has 0 amide bonds. The Morgan fingerprint density at radius 3 is 2.33 bits per heavy atom. The van der Waals surface area contributed by atoms with E-state index in [1.807, 2.05) is 0 Å². The van der Waals surface area contributed by atoms with E-state index in [0.717, 1.165) is 0 Å². The fourth-order valence-corrected chi connectivity index (χ4v) is 2.72. The SMILES string of the molecule is C=C(C)/C=C(\C=CC)C1(CC)CCCC1. The monoisotopic (exact) mass is 204 g/mol. The highest BCUT2D eigenvalue weighted by atomic mass is 14.4. The largest absolute Gasteiger partial charge is 0.0961 e. The van der Waals surface area contributed by atoms with E-state index in [9.17, 15) is 0 Å². The first-order valence-corrected chi connectivity index (χ1v) is 6.15. The van der Waals surface area contributed by atoms with Gasteiger partial charge < -0.3 is 0 Å². The van der Waals surface area contributed by atoms with E-state index in [1.54, 1.807) is 0 Å². The molecule has 1 saturated carbocycles. The van der Waals surface area contributed by atoms with Gasteiger partial charge in [0, 0.05) is 0 Å². The molecular formula is C15H24. The molecule has 1 rings (SSSR count). The molecule has 0 saturated heterocycles. The second-order valence-corrected chi connectivity index (χ2v) is 4.79. The first-order chi connectivity index (χ1) is 7.14. The lowest BCUT2D eigenvalue weighted by Crippen LogP contribution is -2.17. The Hall–Kier alpha value is -0.780. The zero-order valence-electron chi connectivity index (χ0n) is 10.5. The molecule has 15 heavy (non-hydrogen) atoms. The first kappa shape index (κ1) is 12.3. The molecule has 0 bridgehead atoms. The predicted molar refractivity (Wildman–Crippen MR) is 68.9 cm³/mol. The zero-order chi connectivity index (χ0) is 11.3. The van der Waals surface area contributed by atoms with Crippen molar-refractivity contribution >= 4 is 0 Å². The summed E-state index contributed by atoms with van der Waals surface area (Å²) in [4.78, 5) is 0. The zero-order valence-corrected chi connectivity index (χ0v) is 10.5. The molecule has 84 valence electrons. The Morgan fingerprint density at radius 1 is 1.33 bits per heavy atom. The second kappa shape index (κ2) is 5.34. The summed E-state index contributed by atoms with van der Waals surface area (Å²) < 4.78 is 0. The van der Waals surface area contributed by atoms with Gasteiger partial charge in [-0.15, -0.1) is 0 Å². The lowest BCUT2D eigenvalue weighted by Gasteiger charge is -2.29. The summed E-state index contributed by atoms with van der Waals surface area (Å²) in [6, 6.07) is 0. The van der Waals surface area contributed by atoms with E-state index in [4.69, 9.17) is 0 Å². The summed E-state index contributed by atoms with van der Waals surface area (Å²) in [6.45, 7) is 10.5. The van der Waals surface area contributed by atoms with Gasteiger partial charge in [0.25, 0.3) is 0 Å². The quantitative estimate of drug-likeness (QED) is 0.563. The van der Waals surface area contributed by atoms with Crippen molar-refractivity contribution in [1.82, 2.24) is 0 Å². The smallest absolute Gasteiger partial charge is 0.00496 e. The average Bonchev–Trinajstić information content (AvgIpc) is 2.66. The van der Waals surface area contributed by atoms with Gasteiger partial charge in [-0.25, -0.2) is 0 Å². The molecule has 0 unspecified atom stereocenters. The summed E-state index contributed by atoms with van der Waals surface area (Å²) >= 11 is 0. The lowest BCUT2D eigenvalue weighted by molar-refractivity contribution is 0.362. The molecule has 1 aliphatic carbocycles. The van der Waals surface area contributed by atoms with Crippen molar-refractivity contribution in [3.8, 4) is 0 Å². The van der Waals surface area contributed by atoms with Gasteiger partial charge >= 0.3 is 0 Å². The molecule has 0 spiro atoms. The minimum atomic E-state index is 0.450. The van der Waals surface area contributed by atoms with Crippen molar-refractivity contribution < 1.29 is 0 Å². The Balaban J connectivity index is 3.00. The van der Waals surface area contributed by atoms with Crippen LogP contribution in [0.25, 0.3) is 0 Å². The van der Waals surface area contributed by atoms with Gasteiger partial charge in [0.1, 0.15) is 0 Å². The van der Waals surface area contributed by atoms with E-state index < -0.39 is 0 Å². The van der Waals surface area contributed by atoms with Crippen LogP contribution < -0.4 is 0 Å². The van der Waals surface area contributed by atoms with Crippen LogP contribution in [0.4, 0.5) is 0 Å². The fraction of sp³-hybridized carbons (Fsp3) is 0.600. The third-order valence-electron chi connectivity index (χ3n) is 3.60. The topological polar surface area (TPSA) is 0 Å². The molecule has 0 aromatic heterocycles. The molecule has 1 fully saturated rings. The van der Waals surface area contributed by atoms with Crippen molar-refractivity contribution in [2.24, 2.45) is 5.41 Å². The van der Waals surface area contributed by atoms with E-state index >= 15 is 0 Å². The Labute approximate surface area is 94.8 Å². The maximum atomic E-state index is 4.00. The average molecular weight is 204 g/mol. The van der Waals surface area contributed by atoms with Gasteiger partial charge in [-0.05, 0) is 44.1 Å². The molecule has 0 nitrogen and oxygen atoms in total. The van der Waals surface area contributed by atoms with Crippen molar-refractivity contribution in [2.75, 3.05) is 0 Å². The van der Waals surface area contributed by atoms with Gasteiger partial charge in [-0.3, -0.25) is 0 Å². The number of hydrogen-bond acceptors (Lipinski definition) is 0. The summed E-state index contributed by atoms with van der Waals surface area (Å²) in [6.07, 6.45) is 13.5. The van der Waals surface area contributed by atoms with Crippen molar-refractivity contribution in [3.63, 3.8) is 0 Å². The maximum absolute atomic E-state index is 4.00. The Kier molecular flexibility index (Phi) is 4.38. The molecule has 0 aromatic carbocycles. The highest BCUT2D eigenvalue weighted by Gasteiger charge is 2.34. The molecule has 0 heteroatoms. The molecule has 1 aliphatic rings. The summed E-state index contributed by atoms with van der Waals surface area (Å²) in [7, 11) is 0. The molecule has 0 aliphatic heterocycles. The van der Waals surface area contributed by atoms with Gasteiger partial charge in [0.2, 0.25) is 0 Å². The third-order valence-corrected chi connectivity index (χ3v) is 3.60. The van der Waals surface area contributed by atoms with Gasteiger partial charge in [-0.1, -0.05) is 50.1 Å². The van der Waals surface area contributed by atoms with Crippen LogP contribution >= 0.6 is 0 Å². The van der Waals surface area contributed by atoms with E-state index in [-0.39, 0.29) is 0 Å². The van der Waals surface area contributed by atoms with Crippen LogP contribution in [0.2, 0.25) is 0 Å². The van der Waals surface area contributed by atoms with Gasteiger partial charge in [0.15, 0.2) is 0 Å².